The molecular weight excluding hydrogens is 416 g/mol. The van der Waals surface area contributed by atoms with Crippen LogP contribution in [-0.2, 0) is 19.0 Å². The topological polar surface area (TPSA) is 77.1 Å². The molecule has 2 aliphatic rings. The second kappa shape index (κ2) is 10.4. The van der Waals surface area contributed by atoms with Crippen LogP contribution < -0.4 is 5.32 Å². The van der Waals surface area contributed by atoms with E-state index in [1.165, 1.54) is 11.3 Å². The van der Waals surface area contributed by atoms with Crippen LogP contribution in [0.25, 0.3) is 11.1 Å². The minimum atomic E-state index is -0.429. The number of piperidine rings is 1. The van der Waals surface area contributed by atoms with E-state index in [4.69, 9.17) is 14.2 Å². The lowest BCUT2D eigenvalue weighted by Gasteiger charge is -2.37. The highest BCUT2D eigenvalue weighted by molar-refractivity contribution is 7.15. The quantitative estimate of drug-likeness (QED) is 0.656. The molecule has 1 aromatic heterocycles. The van der Waals surface area contributed by atoms with Crippen molar-refractivity contribution in [3.63, 3.8) is 0 Å². The molecule has 31 heavy (non-hydrogen) atoms. The number of esters is 1. The standard InChI is InChI=1S/C23H28N2O5S/c1-2-28-22(27)20-17(16-8-4-3-5-9-16)15-31-21(20)24-19(26)14-25-11-7-6-10-18(25)23-29-12-13-30-23/h3-5,8-9,15,18,23H,2,6-7,10-14H2,1H3,(H,24,26). The Morgan fingerprint density at radius 2 is 1.97 bits per heavy atom. The molecular formula is C23H28N2O5S. The largest absolute Gasteiger partial charge is 0.462 e. The molecule has 1 amide bonds. The maximum absolute atomic E-state index is 12.9. The highest BCUT2D eigenvalue weighted by Gasteiger charge is 2.34. The molecule has 0 bridgehead atoms. The number of anilines is 1. The average Bonchev–Trinajstić information content (AvgIpc) is 3.45. The molecule has 0 aliphatic carbocycles. The second-order valence-corrected chi connectivity index (χ2v) is 8.51. The minimum absolute atomic E-state index is 0.0785. The Labute approximate surface area is 186 Å². The first-order valence-corrected chi connectivity index (χ1v) is 11.7. The van der Waals surface area contributed by atoms with Gasteiger partial charge in [0.25, 0.3) is 0 Å². The zero-order valence-electron chi connectivity index (χ0n) is 17.7. The smallest absolute Gasteiger partial charge is 0.341 e. The van der Waals surface area contributed by atoms with Crippen LogP contribution >= 0.6 is 11.3 Å². The van der Waals surface area contributed by atoms with Crippen LogP contribution in [0.5, 0.6) is 0 Å². The lowest BCUT2D eigenvalue weighted by Crippen LogP contribution is -2.50. The van der Waals surface area contributed by atoms with Crippen LogP contribution in [0.3, 0.4) is 0 Å². The van der Waals surface area contributed by atoms with E-state index < -0.39 is 5.97 Å². The van der Waals surface area contributed by atoms with Gasteiger partial charge in [-0.2, -0.15) is 0 Å². The normalized spacial score (nSPS) is 20.0. The third kappa shape index (κ3) is 5.15. The molecule has 2 aliphatic heterocycles. The number of hydrogen-bond acceptors (Lipinski definition) is 7. The van der Waals surface area contributed by atoms with E-state index in [0.29, 0.717) is 23.8 Å². The summed E-state index contributed by atoms with van der Waals surface area (Å²) in [6.07, 6.45) is 2.82. The number of ether oxygens (including phenoxy) is 3. The Hall–Kier alpha value is -2.26. The second-order valence-electron chi connectivity index (χ2n) is 7.63. The van der Waals surface area contributed by atoms with Gasteiger partial charge in [-0.1, -0.05) is 36.8 Å². The summed E-state index contributed by atoms with van der Waals surface area (Å²) in [7, 11) is 0. The molecule has 8 heteroatoms. The van der Waals surface area contributed by atoms with Gasteiger partial charge < -0.3 is 19.5 Å². The minimum Gasteiger partial charge on any atom is -0.462 e. The molecule has 4 rings (SSSR count). The maximum atomic E-state index is 12.9. The number of carbonyl (C=O) groups excluding carboxylic acids is 2. The third-order valence-electron chi connectivity index (χ3n) is 5.58. The molecule has 7 nitrogen and oxygen atoms in total. The molecule has 2 fully saturated rings. The zero-order chi connectivity index (χ0) is 21.6. The van der Waals surface area contributed by atoms with E-state index in [9.17, 15) is 9.59 Å². The number of nitrogens with one attached hydrogen (secondary N) is 1. The van der Waals surface area contributed by atoms with Crippen molar-refractivity contribution in [1.82, 2.24) is 4.90 Å². The molecule has 166 valence electrons. The predicted molar refractivity (Wildman–Crippen MR) is 119 cm³/mol. The summed E-state index contributed by atoms with van der Waals surface area (Å²) >= 11 is 1.34. The molecule has 2 saturated heterocycles. The number of carbonyl (C=O) groups is 2. The van der Waals surface area contributed by atoms with E-state index in [-0.39, 0.29) is 31.4 Å². The fraction of sp³-hybridized carbons (Fsp3) is 0.478. The third-order valence-corrected chi connectivity index (χ3v) is 6.48. The van der Waals surface area contributed by atoms with E-state index in [0.717, 1.165) is 36.9 Å². The van der Waals surface area contributed by atoms with Gasteiger partial charge in [0.15, 0.2) is 6.29 Å². The summed E-state index contributed by atoms with van der Waals surface area (Å²) in [5.41, 5.74) is 2.08. The van der Waals surface area contributed by atoms with Crippen molar-refractivity contribution in [2.45, 2.75) is 38.5 Å². The fourth-order valence-corrected chi connectivity index (χ4v) is 5.13. The van der Waals surface area contributed by atoms with Gasteiger partial charge in [0.2, 0.25) is 5.91 Å². The van der Waals surface area contributed by atoms with Gasteiger partial charge in [-0.3, -0.25) is 9.69 Å². The van der Waals surface area contributed by atoms with Gasteiger partial charge in [0.05, 0.1) is 32.4 Å². The molecule has 1 aromatic carbocycles. The number of rotatable bonds is 7. The Morgan fingerprint density at radius 1 is 1.19 bits per heavy atom. The Kier molecular flexibility index (Phi) is 7.34. The molecule has 1 unspecified atom stereocenters. The number of thiophene rings is 1. The summed E-state index contributed by atoms with van der Waals surface area (Å²) in [5, 5.41) is 5.36. The van der Waals surface area contributed by atoms with Crippen molar-refractivity contribution in [2.75, 3.05) is 38.2 Å². The number of likely N-dealkylation sites (tertiary alicyclic amines) is 1. The fourth-order valence-electron chi connectivity index (χ4n) is 4.16. The number of hydrogen-bond donors (Lipinski definition) is 1. The van der Waals surface area contributed by atoms with Crippen LogP contribution in [0.2, 0.25) is 0 Å². The lowest BCUT2D eigenvalue weighted by atomic mass is 10.0. The van der Waals surface area contributed by atoms with E-state index >= 15 is 0 Å². The Balaban J connectivity index is 1.50. The highest BCUT2D eigenvalue weighted by Crippen LogP contribution is 2.36. The van der Waals surface area contributed by atoms with Crippen molar-refractivity contribution in [3.8, 4) is 11.1 Å². The van der Waals surface area contributed by atoms with Crippen molar-refractivity contribution in [2.24, 2.45) is 0 Å². The van der Waals surface area contributed by atoms with Crippen LogP contribution in [0, 0.1) is 0 Å². The molecule has 0 saturated carbocycles. The SMILES string of the molecule is CCOC(=O)c1c(-c2ccccc2)csc1NC(=O)CN1CCCCC1C1OCCO1. The highest BCUT2D eigenvalue weighted by atomic mass is 32.1. The summed E-state index contributed by atoms with van der Waals surface area (Å²) in [4.78, 5) is 27.8. The molecule has 0 spiro atoms. The van der Waals surface area contributed by atoms with Crippen molar-refractivity contribution < 1.29 is 23.8 Å². The predicted octanol–water partition coefficient (Wildman–Crippen LogP) is 3.76. The first-order chi connectivity index (χ1) is 15.2. The summed E-state index contributed by atoms with van der Waals surface area (Å²) in [6.45, 7) is 4.30. The van der Waals surface area contributed by atoms with Gasteiger partial charge in [-0.25, -0.2) is 4.79 Å². The first-order valence-electron chi connectivity index (χ1n) is 10.8. The molecule has 3 heterocycles. The number of nitrogens with zero attached hydrogens (tertiary/aromatic N) is 1. The average molecular weight is 445 g/mol. The van der Waals surface area contributed by atoms with Gasteiger partial charge >= 0.3 is 5.97 Å². The van der Waals surface area contributed by atoms with E-state index in [1.807, 2.05) is 35.7 Å². The number of benzene rings is 1. The maximum Gasteiger partial charge on any atom is 0.341 e. The van der Waals surface area contributed by atoms with Gasteiger partial charge in [0, 0.05) is 10.9 Å². The number of amides is 1. The molecule has 1 atom stereocenters. The van der Waals surface area contributed by atoms with Crippen molar-refractivity contribution in [3.05, 3.63) is 41.3 Å². The summed E-state index contributed by atoms with van der Waals surface area (Å²) in [6, 6.07) is 9.73. The van der Waals surface area contributed by atoms with Gasteiger partial charge in [-0.15, -0.1) is 11.3 Å². The summed E-state index contributed by atoms with van der Waals surface area (Å²) in [5.74, 6) is -0.585. The van der Waals surface area contributed by atoms with E-state index in [1.54, 1.807) is 6.92 Å². The van der Waals surface area contributed by atoms with Crippen LogP contribution in [0.4, 0.5) is 5.00 Å². The van der Waals surface area contributed by atoms with Gasteiger partial charge in [0.1, 0.15) is 10.6 Å². The Bertz CT molecular complexity index is 895. The molecule has 1 N–H and O–H groups in total. The molecule has 2 aromatic rings. The molecule has 0 radical (unpaired) electrons. The van der Waals surface area contributed by atoms with Crippen molar-refractivity contribution in [1.29, 1.82) is 0 Å². The van der Waals surface area contributed by atoms with E-state index in [2.05, 4.69) is 10.2 Å². The summed E-state index contributed by atoms with van der Waals surface area (Å²) < 4.78 is 16.7. The van der Waals surface area contributed by atoms with Crippen LogP contribution in [0.1, 0.15) is 36.5 Å². The Morgan fingerprint density at radius 3 is 2.71 bits per heavy atom. The lowest BCUT2D eigenvalue weighted by molar-refractivity contribution is -0.127. The monoisotopic (exact) mass is 444 g/mol. The van der Waals surface area contributed by atoms with Crippen LogP contribution in [0.15, 0.2) is 35.7 Å². The zero-order valence-corrected chi connectivity index (χ0v) is 18.5. The van der Waals surface area contributed by atoms with Crippen LogP contribution in [-0.4, -0.2) is 62.0 Å². The first kappa shape index (κ1) is 22.0. The van der Waals surface area contributed by atoms with Crippen molar-refractivity contribution >= 4 is 28.2 Å². The van der Waals surface area contributed by atoms with Gasteiger partial charge in [-0.05, 0) is 31.9 Å².